The molecule has 0 aromatic rings. The molecule has 0 saturated carbocycles. The maximum atomic E-state index is 12.4. The van der Waals surface area contributed by atoms with Gasteiger partial charge in [0, 0.05) is 31.7 Å². The molecule has 102 valence electrons. The van der Waals surface area contributed by atoms with Gasteiger partial charge in [0.25, 0.3) is 0 Å². The van der Waals surface area contributed by atoms with Gasteiger partial charge < -0.3 is 5.32 Å². The number of nitrogens with zero attached hydrogens (tertiary/aromatic N) is 1. The molecule has 1 aliphatic rings. The van der Waals surface area contributed by atoms with Gasteiger partial charge in [-0.1, -0.05) is 34.1 Å². The first kappa shape index (κ1) is 14.9. The lowest BCUT2D eigenvalue weighted by Gasteiger charge is -2.44. The second-order valence-corrected chi connectivity index (χ2v) is 5.75. The van der Waals surface area contributed by atoms with Crippen LogP contribution in [0.3, 0.4) is 0 Å². The van der Waals surface area contributed by atoms with Crippen LogP contribution in [0.5, 0.6) is 0 Å². The number of halogens is 1. The molecule has 1 saturated heterocycles. The van der Waals surface area contributed by atoms with Crippen molar-refractivity contribution in [3.8, 4) is 0 Å². The molecule has 1 N–H and O–H groups in total. The Morgan fingerprint density at radius 3 is 2.59 bits per heavy atom. The predicted octanol–water partition coefficient (Wildman–Crippen LogP) is 2.69. The fourth-order valence-electron chi connectivity index (χ4n) is 2.70. The normalized spacial score (nSPS) is 28.6. The lowest BCUT2D eigenvalue weighted by atomic mass is 9.92. The van der Waals surface area contributed by atoms with E-state index in [0.717, 1.165) is 19.6 Å². The maximum absolute atomic E-state index is 12.4. The van der Waals surface area contributed by atoms with Gasteiger partial charge in [0.15, 0.2) is 0 Å². The highest BCUT2D eigenvalue weighted by Gasteiger charge is 2.31. The highest BCUT2D eigenvalue weighted by Crippen LogP contribution is 2.20. The van der Waals surface area contributed by atoms with Crippen LogP contribution in [0.15, 0.2) is 0 Å². The molecule has 0 aromatic heterocycles. The Morgan fingerprint density at radius 1 is 1.35 bits per heavy atom. The minimum absolute atomic E-state index is 0.192. The molecule has 0 amide bonds. The Hall–Kier alpha value is -0.150. The minimum Gasteiger partial charge on any atom is -0.311 e. The van der Waals surface area contributed by atoms with Crippen LogP contribution in [-0.4, -0.2) is 43.3 Å². The van der Waals surface area contributed by atoms with E-state index >= 15 is 0 Å². The molecule has 3 heteroatoms. The van der Waals surface area contributed by atoms with E-state index in [0.29, 0.717) is 30.3 Å². The first-order chi connectivity index (χ1) is 8.10. The molecule has 0 bridgehead atoms. The standard InChI is InChI=1S/C14H29FN2/c1-5-12(4)13-10-17(8-6-7-15)14(9-16-13)11(2)3/h11-14,16H,5-10H2,1-4H3. The van der Waals surface area contributed by atoms with Crippen molar-refractivity contribution in [2.45, 2.75) is 52.6 Å². The Balaban J connectivity index is 2.56. The molecule has 1 aliphatic heterocycles. The summed E-state index contributed by atoms with van der Waals surface area (Å²) in [7, 11) is 0. The Morgan fingerprint density at radius 2 is 2.06 bits per heavy atom. The van der Waals surface area contributed by atoms with Gasteiger partial charge in [0.05, 0.1) is 6.67 Å². The van der Waals surface area contributed by atoms with Crippen LogP contribution >= 0.6 is 0 Å². The van der Waals surface area contributed by atoms with Crippen molar-refractivity contribution in [2.24, 2.45) is 11.8 Å². The number of nitrogens with one attached hydrogen (secondary N) is 1. The summed E-state index contributed by atoms with van der Waals surface area (Å²) in [5.41, 5.74) is 0. The summed E-state index contributed by atoms with van der Waals surface area (Å²) < 4.78 is 12.4. The zero-order valence-electron chi connectivity index (χ0n) is 11.9. The third-order valence-corrected chi connectivity index (χ3v) is 4.17. The average molecular weight is 244 g/mol. The van der Waals surface area contributed by atoms with Crippen molar-refractivity contribution < 1.29 is 4.39 Å². The summed E-state index contributed by atoms with van der Waals surface area (Å²) >= 11 is 0. The molecule has 1 rings (SSSR count). The van der Waals surface area contributed by atoms with E-state index in [1.54, 1.807) is 0 Å². The molecule has 17 heavy (non-hydrogen) atoms. The van der Waals surface area contributed by atoms with Crippen molar-refractivity contribution in [1.82, 2.24) is 10.2 Å². The molecule has 1 heterocycles. The monoisotopic (exact) mass is 244 g/mol. The second kappa shape index (κ2) is 7.32. The number of hydrogen-bond acceptors (Lipinski definition) is 2. The van der Waals surface area contributed by atoms with E-state index in [2.05, 4.69) is 37.9 Å². The first-order valence-corrected chi connectivity index (χ1v) is 7.13. The van der Waals surface area contributed by atoms with Crippen molar-refractivity contribution in [3.05, 3.63) is 0 Å². The van der Waals surface area contributed by atoms with E-state index < -0.39 is 0 Å². The zero-order valence-corrected chi connectivity index (χ0v) is 11.9. The van der Waals surface area contributed by atoms with Gasteiger partial charge in [-0.2, -0.15) is 0 Å². The van der Waals surface area contributed by atoms with E-state index in [-0.39, 0.29) is 6.67 Å². The predicted molar refractivity (Wildman–Crippen MR) is 72.0 cm³/mol. The topological polar surface area (TPSA) is 15.3 Å². The van der Waals surface area contributed by atoms with Crippen molar-refractivity contribution in [2.75, 3.05) is 26.3 Å². The van der Waals surface area contributed by atoms with Crippen LogP contribution in [0.2, 0.25) is 0 Å². The number of rotatable bonds is 6. The van der Waals surface area contributed by atoms with E-state index in [4.69, 9.17) is 0 Å². The molecule has 3 atom stereocenters. The van der Waals surface area contributed by atoms with Gasteiger partial charge in [0.1, 0.15) is 0 Å². The Bertz CT molecular complexity index is 208. The smallest absolute Gasteiger partial charge is 0.0906 e. The molecule has 0 spiro atoms. The maximum Gasteiger partial charge on any atom is 0.0906 e. The number of piperazine rings is 1. The minimum atomic E-state index is -0.192. The largest absolute Gasteiger partial charge is 0.311 e. The van der Waals surface area contributed by atoms with Crippen LogP contribution in [0.25, 0.3) is 0 Å². The van der Waals surface area contributed by atoms with E-state index in [1.807, 2.05) is 0 Å². The average Bonchev–Trinajstić information content (AvgIpc) is 2.34. The van der Waals surface area contributed by atoms with Crippen LogP contribution in [-0.2, 0) is 0 Å². The summed E-state index contributed by atoms with van der Waals surface area (Å²) in [5.74, 6) is 1.34. The van der Waals surface area contributed by atoms with E-state index in [9.17, 15) is 4.39 Å². The summed E-state index contributed by atoms with van der Waals surface area (Å²) in [6.07, 6.45) is 1.89. The third-order valence-electron chi connectivity index (χ3n) is 4.17. The Kier molecular flexibility index (Phi) is 6.42. The van der Waals surface area contributed by atoms with Gasteiger partial charge in [0.2, 0.25) is 0 Å². The summed E-state index contributed by atoms with van der Waals surface area (Å²) in [5, 5.41) is 3.67. The van der Waals surface area contributed by atoms with Crippen molar-refractivity contribution in [1.29, 1.82) is 0 Å². The van der Waals surface area contributed by atoms with Gasteiger partial charge in [-0.15, -0.1) is 0 Å². The summed E-state index contributed by atoms with van der Waals surface area (Å²) in [6, 6.07) is 1.15. The fourth-order valence-corrected chi connectivity index (χ4v) is 2.70. The number of alkyl halides is 1. The molecular formula is C14H29FN2. The lowest BCUT2D eigenvalue weighted by molar-refractivity contribution is 0.0791. The number of hydrogen-bond donors (Lipinski definition) is 1. The zero-order chi connectivity index (χ0) is 12.8. The highest BCUT2D eigenvalue weighted by molar-refractivity contribution is 4.89. The van der Waals surface area contributed by atoms with Crippen LogP contribution < -0.4 is 5.32 Å². The molecule has 0 aromatic carbocycles. The summed E-state index contributed by atoms with van der Waals surface area (Å²) in [6.45, 7) is 11.9. The molecule has 0 aliphatic carbocycles. The molecule has 3 unspecified atom stereocenters. The quantitative estimate of drug-likeness (QED) is 0.773. The van der Waals surface area contributed by atoms with Gasteiger partial charge in [-0.3, -0.25) is 9.29 Å². The van der Waals surface area contributed by atoms with Crippen molar-refractivity contribution >= 4 is 0 Å². The van der Waals surface area contributed by atoms with Gasteiger partial charge in [-0.05, 0) is 18.3 Å². The molecule has 2 nitrogen and oxygen atoms in total. The third kappa shape index (κ3) is 4.22. The van der Waals surface area contributed by atoms with Crippen LogP contribution in [0.1, 0.15) is 40.5 Å². The van der Waals surface area contributed by atoms with Crippen molar-refractivity contribution in [3.63, 3.8) is 0 Å². The molecule has 0 radical (unpaired) electrons. The lowest BCUT2D eigenvalue weighted by Crippen LogP contribution is -2.60. The van der Waals surface area contributed by atoms with Gasteiger partial charge >= 0.3 is 0 Å². The van der Waals surface area contributed by atoms with Crippen LogP contribution in [0, 0.1) is 11.8 Å². The SMILES string of the molecule is CCC(C)C1CN(CCCF)C(C(C)C)CN1. The van der Waals surface area contributed by atoms with Gasteiger partial charge in [-0.25, -0.2) is 0 Å². The second-order valence-electron chi connectivity index (χ2n) is 5.75. The molecule has 1 fully saturated rings. The first-order valence-electron chi connectivity index (χ1n) is 7.13. The fraction of sp³-hybridized carbons (Fsp3) is 1.00. The van der Waals surface area contributed by atoms with E-state index in [1.165, 1.54) is 6.42 Å². The highest BCUT2D eigenvalue weighted by atomic mass is 19.1. The Labute approximate surface area is 106 Å². The van der Waals surface area contributed by atoms with Crippen LogP contribution in [0.4, 0.5) is 4.39 Å². The molecular weight excluding hydrogens is 215 g/mol. The summed E-state index contributed by atoms with van der Waals surface area (Å²) in [4.78, 5) is 2.50.